The number of halogens is 3. The first-order valence-corrected chi connectivity index (χ1v) is 12.7. The van der Waals surface area contributed by atoms with Crippen LogP contribution in [0.2, 0.25) is 0 Å². The molecule has 0 bridgehead atoms. The first-order chi connectivity index (χ1) is 17.6. The van der Waals surface area contributed by atoms with E-state index >= 15 is 0 Å². The molecule has 12 heteroatoms. The second-order valence-corrected chi connectivity index (χ2v) is 9.88. The molecule has 2 N–H and O–H groups in total. The molecule has 9 nitrogen and oxygen atoms in total. The maximum Gasteiger partial charge on any atom is 0.437 e. The molecule has 2 aromatic heterocycles. The molecule has 0 unspecified atom stereocenters. The molecule has 4 heterocycles. The number of pyridine rings is 1. The second-order valence-electron chi connectivity index (χ2n) is 9.88. The normalized spacial score (nSPS) is 17.2. The number of nitrogens with zero attached hydrogens (tertiary/aromatic N) is 4. The van der Waals surface area contributed by atoms with E-state index in [0.717, 1.165) is 32.1 Å². The van der Waals surface area contributed by atoms with Crippen LogP contribution in [0.5, 0.6) is 0 Å². The molecule has 0 aromatic carbocycles. The second kappa shape index (κ2) is 11.4. The lowest BCUT2D eigenvalue weighted by molar-refractivity contribution is -0.141. The van der Waals surface area contributed by atoms with Crippen LogP contribution in [0, 0.1) is 0 Å². The van der Waals surface area contributed by atoms with E-state index in [4.69, 9.17) is 4.42 Å². The largest absolute Gasteiger partial charge is 0.437 e. The summed E-state index contributed by atoms with van der Waals surface area (Å²) in [5.41, 5.74) is -0.791. The Morgan fingerprint density at radius 3 is 2.38 bits per heavy atom. The van der Waals surface area contributed by atoms with Crippen LogP contribution in [0.1, 0.15) is 67.8 Å². The van der Waals surface area contributed by atoms with E-state index in [0.29, 0.717) is 37.6 Å². The summed E-state index contributed by atoms with van der Waals surface area (Å²) in [6.07, 6.45) is 0.644. The summed E-state index contributed by atoms with van der Waals surface area (Å²) in [5.74, 6) is -0.832. The zero-order valence-corrected chi connectivity index (χ0v) is 21.1. The number of amides is 2. The van der Waals surface area contributed by atoms with Crippen LogP contribution in [0.3, 0.4) is 0 Å². The molecular formula is C25H33F3N6O3. The highest BCUT2D eigenvalue weighted by Crippen LogP contribution is 2.35. The standard InChI is InChI=1S/C25H33F3N6O3/c1-16(2)30-23(36)31-18-8-12-33(13-9-18)20-7-6-17(15-29-20)14-19(35)21-22(25(26,27)28)32-24(37-21)34-10-4-3-5-11-34/h6-7,15-16,18H,3-5,8-14H2,1-2H3,(H2,30,31,36). The van der Waals surface area contributed by atoms with E-state index in [1.807, 2.05) is 13.8 Å². The summed E-state index contributed by atoms with van der Waals surface area (Å²) in [4.78, 5) is 36.5. The highest BCUT2D eigenvalue weighted by Gasteiger charge is 2.41. The molecule has 2 fully saturated rings. The molecule has 0 aliphatic carbocycles. The van der Waals surface area contributed by atoms with Gasteiger partial charge in [0.15, 0.2) is 5.69 Å². The number of urea groups is 1. The van der Waals surface area contributed by atoms with Crippen molar-refractivity contribution in [1.82, 2.24) is 20.6 Å². The summed E-state index contributed by atoms with van der Waals surface area (Å²) in [6.45, 7) is 6.30. The fourth-order valence-electron chi connectivity index (χ4n) is 4.63. The summed E-state index contributed by atoms with van der Waals surface area (Å²) >= 11 is 0. The molecule has 4 rings (SSSR count). The van der Waals surface area contributed by atoms with Crippen LogP contribution in [-0.4, -0.2) is 60.0 Å². The van der Waals surface area contributed by atoms with Gasteiger partial charge in [0.05, 0.1) is 0 Å². The number of oxazole rings is 1. The summed E-state index contributed by atoms with van der Waals surface area (Å²) in [7, 11) is 0. The molecule has 202 valence electrons. The first-order valence-electron chi connectivity index (χ1n) is 12.7. The van der Waals surface area contributed by atoms with E-state index in [1.165, 1.54) is 6.20 Å². The Bertz CT molecular complexity index is 1070. The van der Waals surface area contributed by atoms with Crippen LogP contribution in [0.15, 0.2) is 22.7 Å². The number of carbonyl (C=O) groups excluding carboxylic acids is 2. The first kappa shape index (κ1) is 26.7. The number of carbonyl (C=O) groups is 2. The van der Waals surface area contributed by atoms with Crippen LogP contribution in [0.25, 0.3) is 0 Å². The van der Waals surface area contributed by atoms with Crippen molar-refractivity contribution >= 4 is 23.6 Å². The van der Waals surface area contributed by atoms with Gasteiger partial charge in [0.25, 0.3) is 6.01 Å². The summed E-state index contributed by atoms with van der Waals surface area (Å²) < 4.78 is 46.2. The Labute approximate surface area is 213 Å². The van der Waals surface area contributed by atoms with Gasteiger partial charge in [0, 0.05) is 50.9 Å². The van der Waals surface area contributed by atoms with E-state index in [1.54, 1.807) is 17.0 Å². The lowest BCUT2D eigenvalue weighted by Crippen LogP contribution is -2.49. The van der Waals surface area contributed by atoms with E-state index in [-0.39, 0.29) is 30.6 Å². The topological polar surface area (TPSA) is 104 Å². The van der Waals surface area contributed by atoms with Crippen LogP contribution in [0.4, 0.5) is 29.8 Å². The number of piperidine rings is 2. The number of Topliss-reactive ketones (excluding diaryl/α,β-unsaturated/α-hetero) is 1. The third-order valence-corrected chi connectivity index (χ3v) is 6.51. The third-order valence-electron chi connectivity index (χ3n) is 6.51. The van der Waals surface area contributed by atoms with Crippen molar-refractivity contribution < 1.29 is 27.2 Å². The van der Waals surface area contributed by atoms with E-state index < -0.39 is 23.4 Å². The Hall–Kier alpha value is -3.31. The Morgan fingerprint density at radius 1 is 1.08 bits per heavy atom. The van der Waals surface area contributed by atoms with Crippen molar-refractivity contribution in [3.63, 3.8) is 0 Å². The quantitative estimate of drug-likeness (QED) is 0.526. The number of alkyl halides is 3. The lowest BCUT2D eigenvalue weighted by atomic mass is 10.0. The van der Waals surface area contributed by atoms with Crippen molar-refractivity contribution in [2.75, 3.05) is 36.0 Å². The number of ketones is 1. The Balaban J connectivity index is 1.36. The number of anilines is 2. The minimum atomic E-state index is -4.79. The van der Waals surface area contributed by atoms with Gasteiger partial charge in [-0.25, -0.2) is 9.78 Å². The average Bonchev–Trinajstić information content (AvgIpc) is 3.32. The summed E-state index contributed by atoms with van der Waals surface area (Å²) in [5, 5.41) is 5.79. The van der Waals surface area contributed by atoms with Gasteiger partial charge in [0.1, 0.15) is 5.82 Å². The number of rotatable bonds is 7. The van der Waals surface area contributed by atoms with Crippen molar-refractivity contribution in [3.8, 4) is 0 Å². The predicted octanol–water partition coefficient (Wildman–Crippen LogP) is 4.18. The minimum Gasteiger partial charge on any atom is -0.420 e. The molecule has 0 radical (unpaired) electrons. The molecule has 37 heavy (non-hydrogen) atoms. The SMILES string of the molecule is CC(C)NC(=O)NC1CCN(c2ccc(CC(=O)c3oc(N4CCCCC4)nc3C(F)(F)F)cn2)CC1. The molecule has 2 aliphatic heterocycles. The summed E-state index contributed by atoms with van der Waals surface area (Å²) in [6, 6.07) is 3.26. The molecule has 2 amide bonds. The predicted molar refractivity (Wildman–Crippen MR) is 132 cm³/mol. The highest BCUT2D eigenvalue weighted by atomic mass is 19.4. The monoisotopic (exact) mass is 522 g/mol. The number of nitrogens with one attached hydrogen (secondary N) is 2. The van der Waals surface area contributed by atoms with Crippen molar-refractivity contribution in [2.45, 2.75) is 70.6 Å². The number of aromatic nitrogens is 2. The molecular weight excluding hydrogens is 489 g/mol. The van der Waals surface area contributed by atoms with Gasteiger partial charge in [-0.05, 0) is 57.6 Å². The molecule has 0 spiro atoms. The molecule has 2 saturated heterocycles. The molecule has 0 atom stereocenters. The number of hydrogen-bond donors (Lipinski definition) is 2. The van der Waals surface area contributed by atoms with Crippen molar-refractivity contribution in [3.05, 3.63) is 35.3 Å². The third kappa shape index (κ3) is 6.92. The van der Waals surface area contributed by atoms with Gasteiger partial charge in [-0.1, -0.05) is 6.07 Å². The zero-order valence-electron chi connectivity index (χ0n) is 21.1. The van der Waals surface area contributed by atoms with Gasteiger partial charge < -0.3 is 24.9 Å². The van der Waals surface area contributed by atoms with E-state index in [9.17, 15) is 22.8 Å². The van der Waals surface area contributed by atoms with Gasteiger partial charge >= 0.3 is 12.2 Å². The molecule has 0 saturated carbocycles. The lowest BCUT2D eigenvalue weighted by Gasteiger charge is -2.33. The number of hydrogen-bond acceptors (Lipinski definition) is 7. The Morgan fingerprint density at radius 2 is 1.78 bits per heavy atom. The fraction of sp³-hybridized carbons (Fsp3) is 0.600. The zero-order chi connectivity index (χ0) is 26.6. The smallest absolute Gasteiger partial charge is 0.420 e. The van der Waals surface area contributed by atoms with E-state index in [2.05, 4.69) is 25.5 Å². The van der Waals surface area contributed by atoms with Crippen LogP contribution < -0.4 is 20.4 Å². The molecule has 2 aliphatic rings. The molecule has 2 aromatic rings. The van der Waals surface area contributed by atoms with Gasteiger partial charge in [-0.15, -0.1) is 0 Å². The minimum absolute atomic E-state index is 0.0653. The van der Waals surface area contributed by atoms with Gasteiger partial charge in [-0.3, -0.25) is 4.79 Å². The highest BCUT2D eigenvalue weighted by molar-refractivity contribution is 5.96. The average molecular weight is 523 g/mol. The maximum absolute atomic E-state index is 13.6. The maximum atomic E-state index is 13.6. The van der Waals surface area contributed by atoms with Gasteiger partial charge in [0.2, 0.25) is 11.5 Å². The van der Waals surface area contributed by atoms with Crippen LogP contribution >= 0.6 is 0 Å². The van der Waals surface area contributed by atoms with Crippen molar-refractivity contribution in [1.29, 1.82) is 0 Å². The fourth-order valence-corrected chi connectivity index (χ4v) is 4.63. The van der Waals surface area contributed by atoms with Crippen LogP contribution in [-0.2, 0) is 12.6 Å². The van der Waals surface area contributed by atoms with Gasteiger partial charge in [-0.2, -0.15) is 18.2 Å². The Kier molecular flexibility index (Phi) is 8.23. The van der Waals surface area contributed by atoms with Crippen molar-refractivity contribution in [2.24, 2.45) is 0 Å².